The summed E-state index contributed by atoms with van der Waals surface area (Å²) in [6, 6.07) is 2.13. The van der Waals surface area contributed by atoms with Crippen molar-refractivity contribution in [3.63, 3.8) is 0 Å². The topological polar surface area (TPSA) is 70.9 Å². The van der Waals surface area contributed by atoms with E-state index in [9.17, 15) is 4.79 Å². The van der Waals surface area contributed by atoms with Crippen LogP contribution in [0.1, 0.15) is 31.7 Å². The summed E-state index contributed by atoms with van der Waals surface area (Å²) >= 11 is 0. The van der Waals surface area contributed by atoms with Gasteiger partial charge in [0, 0.05) is 31.4 Å². The Morgan fingerprint density at radius 2 is 2.47 bits per heavy atom. The van der Waals surface area contributed by atoms with Crippen LogP contribution in [0.5, 0.6) is 0 Å². The molecule has 4 heteroatoms. The number of hydrogen-bond donors (Lipinski definition) is 3. The average Bonchev–Trinajstić information content (AvgIpc) is 2.66. The maximum Gasteiger partial charge on any atom is 0.220 e. The van der Waals surface area contributed by atoms with Gasteiger partial charge in [-0.15, -0.1) is 0 Å². The minimum Gasteiger partial charge on any atom is -0.367 e. The molecule has 1 heterocycles. The number of rotatable bonds is 6. The van der Waals surface area contributed by atoms with Crippen LogP contribution in [-0.2, 0) is 11.3 Å². The van der Waals surface area contributed by atoms with Crippen LogP contribution in [0.25, 0.3) is 0 Å². The zero-order valence-electron chi connectivity index (χ0n) is 9.12. The second-order valence-electron chi connectivity index (χ2n) is 3.87. The number of carbonyl (C=O) groups excluding carboxylic acids is 1. The molecule has 4 nitrogen and oxygen atoms in total. The monoisotopic (exact) mass is 209 g/mol. The smallest absolute Gasteiger partial charge is 0.220 e. The standard InChI is InChI=1S/C11H19N3O/c1-9(12)3-2-4-11(15)14-8-10-5-6-13-7-10/h5-7,9,13H,2-4,8,12H2,1H3,(H,14,15). The Kier molecular flexibility index (Phi) is 4.90. The zero-order chi connectivity index (χ0) is 11.1. The zero-order valence-corrected chi connectivity index (χ0v) is 9.12. The molecule has 1 atom stereocenters. The predicted octanol–water partition coefficient (Wildman–Crippen LogP) is 1.15. The molecule has 0 saturated carbocycles. The van der Waals surface area contributed by atoms with Gasteiger partial charge in [0.2, 0.25) is 5.91 Å². The average molecular weight is 209 g/mol. The number of aromatic amines is 1. The SMILES string of the molecule is CC(N)CCCC(=O)NCc1cc[nH]c1. The predicted molar refractivity (Wildman–Crippen MR) is 60.1 cm³/mol. The first-order chi connectivity index (χ1) is 7.18. The third-order valence-electron chi connectivity index (χ3n) is 2.22. The molecule has 84 valence electrons. The number of aromatic nitrogens is 1. The molecular formula is C11H19N3O. The number of hydrogen-bond acceptors (Lipinski definition) is 2. The van der Waals surface area contributed by atoms with Gasteiger partial charge in [0.25, 0.3) is 0 Å². The summed E-state index contributed by atoms with van der Waals surface area (Å²) in [5.74, 6) is 0.0943. The first kappa shape index (κ1) is 11.8. The summed E-state index contributed by atoms with van der Waals surface area (Å²) in [5.41, 5.74) is 6.69. The second-order valence-corrected chi connectivity index (χ2v) is 3.87. The number of amides is 1. The molecule has 1 unspecified atom stereocenters. The van der Waals surface area contributed by atoms with Crippen molar-refractivity contribution in [2.24, 2.45) is 5.73 Å². The van der Waals surface area contributed by atoms with Gasteiger partial charge in [-0.3, -0.25) is 4.79 Å². The van der Waals surface area contributed by atoms with Crippen LogP contribution >= 0.6 is 0 Å². The highest BCUT2D eigenvalue weighted by atomic mass is 16.1. The fourth-order valence-electron chi connectivity index (χ4n) is 1.34. The summed E-state index contributed by atoms with van der Waals surface area (Å²) in [6.07, 6.45) is 6.04. The van der Waals surface area contributed by atoms with E-state index in [1.54, 1.807) is 0 Å². The molecule has 15 heavy (non-hydrogen) atoms. The molecule has 1 aromatic heterocycles. The minimum atomic E-state index is 0.0943. The highest BCUT2D eigenvalue weighted by Gasteiger charge is 2.02. The number of carbonyl (C=O) groups is 1. The molecule has 4 N–H and O–H groups in total. The first-order valence-electron chi connectivity index (χ1n) is 5.32. The molecule has 0 aliphatic heterocycles. The summed E-state index contributed by atoms with van der Waals surface area (Å²) < 4.78 is 0. The van der Waals surface area contributed by atoms with Crippen LogP contribution in [0.15, 0.2) is 18.5 Å². The quantitative estimate of drug-likeness (QED) is 0.657. The molecule has 0 bridgehead atoms. The van der Waals surface area contributed by atoms with E-state index >= 15 is 0 Å². The lowest BCUT2D eigenvalue weighted by Gasteiger charge is -2.05. The fraction of sp³-hybridized carbons (Fsp3) is 0.545. The largest absolute Gasteiger partial charge is 0.367 e. The van der Waals surface area contributed by atoms with Gasteiger partial charge in [-0.1, -0.05) is 0 Å². The normalized spacial score (nSPS) is 12.4. The highest BCUT2D eigenvalue weighted by Crippen LogP contribution is 1.99. The molecule has 0 saturated heterocycles. The van der Waals surface area contributed by atoms with Crippen LogP contribution < -0.4 is 11.1 Å². The van der Waals surface area contributed by atoms with Gasteiger partial charge in [-0.2, -0.15) is 0 Å². The number of nitrogens with two attached hydrogens (primary N) is 1. The maximum atomic E-state index is 11.4. The summed E-state index contributed by atoms with van der Waals surface area (Å²) in [6.45, 7) is 2.55. The molecule has 0 aliphatic carbocycles. The lowest BCUT2D eigenvalue weighted by atomic mass is 10.1. The van der Waals surface area contributed by atoms with Gasteiger partial charge in [-0.05, 0) is 31.4 Å². The van der Waals surface area contributed by atoms with Crippen molar-refractivity contribution in [2.75, 3.05) is 0 Å². The minimum absolute atomic E-state index is 0.0943. The summed E-state index contributed by atoms with van der Waals surface area (Å²) in [4.78, 5) is 14.3. The Morgan fingerprint density at radius 3 is 3.07 bits per heavy atom. The van der Waals surface area contributed by atoms with Crippen molar-refractivity contribution >= 4 is 5.91 Å². The van der Waals surface area contributed by atoms with Gasteiger partial charge in [-0.25, -0.2) is 0 Å². The van der Waals surface area contributed by atoms with E-state index in [0.29, 0.717) is 13.0 Å². The van der Waals surface area contributed by atoms with E-state index in [1.807, 2.05) is 25.4 Å². The third kappa shape index (κ3) is 5.22. The van der Waals surface area contributed by atoms with E-state index in [2.05, 4.69) is 10.3 Å². The Labute approximate surface area is 90.2 Å². The molecule has 0 fully saturated rings. The lowest BCUT2D eigenvalue weighted by molar-refractivity contribution is -0.121. The Hall–Kier alpha value is -1.29. The number of H-pyrrole nitrogens is 1. The molecule has 0 radical (unpaired) electrons. The Balaban J connectivity index is 2.09. The van der Waals surface area contributed by atoms with E-state index < -0.39 is 0 Å². The second kappa shape index (κ2) is 6.24. The third-order valence-corrected chi connectivity index (χ3v) is 2.22. The Bertz CT molecular complexity index is 280. The molecule has 0 aromatic carbocycles. The van der Waals surface area contributed by atoms with E-state index in [1.165, 1.54) is 0 Å². The Morgan fingerprint density at radius 1 is 1.67 bits per heavy atom. The lowest BCUT2D eigenvalue weighted by Crippen LogP contribution is -2.23. The summed E-state index contributed by atoms with van der Waals surface area (Å²) in [7, 11) is 0. The van der Waals surface area contributed by atoms with Crippen molar-refractivity contribution in [3.8, 4) is 0 Å². The van der Waals surface area contributed by atoms with Gasteiger partial charge < -0.3 is 16.0 Å². The van der Waals surface area contributed by atoms with Crippen molar-refractivity contribution in [3.05, 3.63) is 24.0 Å². The molecule has 1 aromatic rings. The molecule has 1 rings (SSSR count). The maximum absolute atomic E-state index is 11.4. The molecule has 1 amide bonds. The van der Waals surface area contributed by atoms with Crippen LogP contribution in [-0.4, -0.2) is 16.9 Å². The van der Waals surface area contributed by atoms with E-state index in [0.717, 1.165) is 18.4 Å². The van der Waals surface area contributed by atoms with Gasteiger partial charge in [0.1, 0.15) is 0 Å². The van der Waals surface area contributed by atoms with Crippen LogP contribution in [0.3, 0.4) is 0 Å². The number of nitrogens with one attached hydrogen (secondary N) is 2. The van der Waals surface area contributed by atoms with Crippen LogP contribution in [0.4, 0.5) is 0 Å². The van der Waals surface area contributed by atoms with Crippen LogP contribution in [0.2, 0.25) is 0 Å². The van der Waals surface area contributed by atoms with Gasteiger partial charge >= 0.3 is 0 Å². The van der Waals surface area contributed by atoms with Crippen molar-refractivity contribution in [1.29, 1.82) is 0 Å². The molecule has 0 spiro atoms. The van der Waals surface area contributed by atoms with Crippen LogP contribution in [0, 0.1) is 0 Å². The molecular weight excluding hydrogens is 190 g/mol. The fourth-order valence-corrected chi connectivity index (χ4v) is 1.34. The molecule has 0 aliphatic rings. The summed E-state index contributed by atoms with van der Waals surface area (Å²) in [5, 5.41) is 2.86. The van der Waals surface area contributed by atoms with Gasteiger partial charge in [0.15, 0.2) is 0 Å². The van der Waals surface area contributed by atoms with Crippen molar-refractivity contribution in [2.45, 2.75) is 38.8 Å². The van der Waals surface area contributed by atoms with E-state index in [4.69, 9.17) is 5.73 Å². The first-order valence-corrected chi connectivity index (χ1v) is 5.32. The van der Waals surface area contributed by atoms with Gasteiger partial charge in [0.05, 0.1) is 0 Å². The van der Waals surface area contributed by atoms with Crippen molar-refractivity contribution < 1.29 is 4.79 Å². The van der Waals surface area contributed by atoms with E-state index in [-0.39, 0.29) is 11.9 Å². The van der Waals surface area contributed by atoms with Crippen molar-refractivity contribution in [1.82, 2.24) is 10.3 Å². The highest BCUT2D eigenvalue weighted by molar-refractivity contribution is 5.75.